The molecule has 1 aliphatic heterocycles. The molecule has 1 unspecified atom stereocenters. The summed E-state index contributed by atoms with van der Waals surface area (Å²) in [6.07, 6.45) is 0. The fourth-order valence-electron chi connectivity index (χ4n) is 2.07. The van der Waals surface area contributed by atoms with Gasteiger partial charge in [-0.15, -0.1) is 0 Å². The second-order valence-corrected chi connectivity index (χ2v) is 4.40. The summed E-state index contributed by atoms with van der Waals surface area (Å²) in [5.74, 6) is -0.123. The summed E-state index contributed by atoms with van der Waals surface area (Å²) in [5.41, 5.74) is 0.774. The maximum atomic E-state index is 13.5. The number of methoxy groups -OCH3 is 1. The van der Waals surface area contributed by atoms with Crippen molar-refractivity contribution in [2.24, 2.45) is 0 Å². The van der Waals surface area contributed by atoms with Crippen molar-refractivity contribution in [2.75, 3.05) is 20.2 Å². The van der Waals surface area contributed by atoms with Gasteiger partial charge in [-0.05, 0) is 24.6 Å². The third-order valence-electron chi connectivity index (χ3n) is 3.10. The largest absolute Gasteiger partial charge is 0.494 e. The van der Waals surface area contributed by atoms with E-state index in [1.165, 1.54) is 13.2 Å². The average molecular weight is 252 g/mol. The number of halogens is 1. The van der Waals surface area contributed by atoms with Gasteiger partial charge < -0.3 is 15.0 Å². The second kappa shape index (κ2) is 5.35. The zero-order chi connectivity index (χ0) is 13.1. The van der Waals surface area contributed by atoms with E-state index in [4.69, 9.17) is 4.74 Å². The molecular weight excluding hydrogens is 235 g/mol. The van der Waals surface area contributed by atoms with E-state index in [-0.39, 0.29) is 17.7 Å². The Balaban J connectivity index is 2.09. The monoisotopic (exact) mass is 252 g/mol. The highest BCUT2D eigenvalue weighted by Gasteiger charge is 2.24. The van der Waals surface area contributed by atoms with Crippen LogP contribution in [0.25, 0.3) is 0 Å². The van der Waals surface area contributed by atoms with Gasteiger partial charge in [-0.1, -0.05) is 6.07 Å². The van der Waals surface area contributed by atoms with Crippen molar-refractivity contribution in [2.45, 2.75) is 19.5 Å². The highest BCUT2D eigenvalue weighted by Crippen LogP contribution is 2.19. The van der Waals surface area contributed by atoms with E-state index < -0.39 is 5.82 Å². The van der Waals surface area contributed by atoms with Gasteiger partial charge in [0.15, 0.2) is 11.6 Å². The summed E-state index contributed by atoms with van der Waals surface area (Å²) >= 11 is 0. The van der Waals surface area contributed by atoms with E-state index >= 15 is 0 Å². The predicted octanol–water partition coefficient (Wildman–Crippen LogP) is 1.15. The summed E-state index contributed by atoms with van der Waals surface area (Å²) in [4.78, 5) is 13.6. The Kier molecular flexibility index (Phi) is 3.81. The van der Waals surface area contributed by atoms with E-state index in [2.05, 4.69) is 5.32 Å². The normalized spacial score (nSPS) is 20.1. The van der Waals surface area contributed by atoms with Crippen LogP contribution in [0.5, 0.6) is 5.75 Å². The van der Waals surface area contributed by atoms with Gasteiger partial charge in [-0.25, -0.2) is 4.39 Å². The molecule has 1 N–H and O–H groups in total. The maximum absolute atomic E-state index is 13.5. The van der Waals surface area contributed by atoms with Crippen LogP contribution in [0.4, 0.5) is 4.39 Å². The summed E-state index contributed by atoms with van der Waals surface area (Å²) in [6.45, 7) is 3.69. The van der Waals surface area contributed by atoms with Crippen LogP contribution < -0.4 is 10.1 Å². The van der Waals surface area contributed by atoms with Gasteiger partial charge in [-0.3, -0.25) is 4.79 Å². The molecule has 1 atom stereocenters. The van der Waals surface area contributed by atoms with Crippen molar-refractivity contribution < 1.29 is 13.9 Å². The van der Waals surface area contributed by atoms with Crippen molar-refractivity contribution in [1.29, 1.82) is 0 Å². The number of nitrogens with one attached hydrogen (secondary N) is 1. The van der Waals surface area contributed by atoms with Gasteiger partial charge in [0.05, 0.1) is 13.2 Å². The van der Waals surface area contributed by atoms with E-state index in [0.29, 0.717) is 13.1 Å². The van der Waals surface area contributed by atoms with Crippen LogP contribution in [0.2, 0.25) is 0 Å². The first-order valence-corrected chi connectivity index (χ1v) is 5.96. The average Bonchev–Trinajstić information content (AvgIpc) is 2.35. The van der Waals surface area contributed by atoms with Crippen LogP contribution in [0, 0.1) is 5.82 Å². The Morgan fingerprint density at radius 2 is 2.33 bits per heavy atom. The lowest BCUT2D eigenvalue weighted by Crippen LogP contribution is -2.53. The summed E-state index contributed by atoms with van der Waals surface area (Å²) < 4.78 is 18.4. The first-order chi connectivity index (χ1) is 8.61. The number of nitrogens with zero attached hydrogens (tertiary/aromatic N) is 1. The minimum atomic E-state index is -0.398. The lowest BCUT2D eigenvalue weighted by atomic mass is 10.1. The minimum Gasteiger partial charge on any atom is -0.494 e. The van der Waals surface area contributed by atoms with Gasteiger partial charge in [0.25, 0.3) is 0 Å². The van der Waals surface area contributed by atoms with Crippen LogP contribution >= 0.6 is 0 Å². The van der Waals surface area contributed by atoms with Crippen LogP contribution in [-0.4, -0.2) is 37.0 Å². The molecule has 1 aromatic rings. The number of piperazine rings is 1. The van der Waals surface area contributed by atoms with E-state index in [0.717, 1.165) is 12.1 Å². The van der Waals surface area contributed by atoms with Gasteiger partial charge in [-0.2, -0.15) is 0 Å². The Morgan fingerprint density at radius 3 is 3.00 bits per heavy atom. The SMILES string of the molecule is COc1ccc(CN2CCNC(C)C2=O)cc1F. The lowest BCUT2D eigenvalue weighted by Gasteiger charge is -2.31. The highest BCUT2D eigenvalue weighted by molar-refractivity contribution is 5.82. The van der Waals surface area contributed by atoms with Gasteiger partial charge in [0.2, 0.25) is 5.91 Å². The number of rotatable bonds is 3. The van der Waals surface area contributed by atoms with Crippen LogP contribution in [0.3, 0.4) is 0 Å². The molecule has 0 aliphatic carbocycles. The number of carbonyl (C=O) groups excluding carboxylic acids is 1. The van der Waals surface area contributed by atoms with Crippen molar-refractivity contribution >= 4 is 5.91 Å². The first-order valence-electron chi connectivity index (χ1n) is 5.96. The molecule has 0 aromatic heterocycles. The number of hydrogen-bond donors (Lipinski definition) is 1. The molecule has 1 fully saturated rings. The molecule has 4 nitrogen and oxygen atoms in total. The molecule has 1 aliphatic rings. The molecule has 0 saturated carbocycles. The third kappa shape index (κ3) is 2.61. The smallest absolute Gasteiger partial charge is 0.239 e. The fraction of sp³-hybridized carbons (Fsp3) is 0.462. The molecule has 98 valence electrons. The standard InChI is InChI=1S/C13H17FN2O2/c1-9-13(17)16(6-5-15-9)8-10-3-4-12(18-2)11(14)7-10/h3-4,7,9,15H,5-6,8H2,1-2H3. The molecule has 18 heavy (non-hydrogen) atoms. The molecule has 1 heterocycles. The number of amides is 1. The Hall–Kier alpha value is -1.62. The van der Waals surface area contributed by atoms with Crippen LogP contribution in [0.1, 0.15) is 12.5 Å². The number of carbonyl (C=O) groups is 1. The molecular formula is C13H17FN2O2. The summed E-state index contributed by atoms with van der Waals surface area (Å²) in [6, 6.07) is 4.61. The topological polar surface area (TPSA) is 41.6 Å². The summed E-state index contributed by atoms with van der Waals surface area (Å²) in [7, 11) is 1.43. The molecule has 1 aromatic carbocycles. The molecule has 0 bridgehead atoms. The summed E-state index contributed by atoms with van der Waals surface area (Å²) in [5, 5.41) is 3.09. The number of hydrogen-bond acceptors (Lipinski definition) is 3. The fourth-order valence-corrected chi connectivity index (χ4v) is 2.07. The van der Waals surface area contributed by atoms with Gasteiger partial charge in [0, 0.05) is 19.6 Å². The van der Waals surface area contributed by atoms with Crippen LogP contribution in [-0.2, 0) is 11.3 Å². The van der Waals surface area contributed by atoms with Gasteiger partial charge >= 0.3 is 0 Å². The van der Waals surface area contributed by atoms with Gasteiger partial charge in [0.1, 0.15) is 0 Å². The Labute approximate surface area is 106 Å². The first kappa shape index (κ1) is 12.8. The van der Waals surface area contributed by atoms with Crippen molar-refractivity contribution in [3.8, 4) is 5.75 Å². The van der Waals surface area contributed by atoms with E-state index in [1.807, 2.05) is 6.92 Å². The van der Waals surface area contributed by atoms with Crippen LogP contribution in [0.15, 0.2) is 18.2 Å². The zero-order valence-corrected chi connectivity index (χ0v) is 10.6. The minimum absolute atomic E-state index is 0.0532. The second-order valence-electron chi connectivity index (χ2n) is 4.40. The molecule has 5 heteroatoms. The number of ether oxygens (including phenoxy) is 1. The zero-order valence-electron chi connectivity index (χ0n) is 10.6. The molecule has 2 rings (SSSR count). The lowest BCUT2D eigenvalue weighted by molar-refractivity contribution is -0.135. The quantitative estimate of drug-likeness (QED) is 0.877. The molecule has 1 amide bonds. The number of benzene rings is 1. The third-order valence-corrected chi connectivity index (χ3v) is 3.10. The van der Waals surface area contributed by atoms with E-state index in [1.54, 1.807) is 17.0 Å². The van der Waals surface area contributed by atoms with Crippen molar-refractivity contribution in [3.05, 3.63) is 29.6 Å². The maximum Gasteiger partial charge on any atom is 0.239 e. The Morgan fingerprint density at radius 1 is 1.56 bits per heavy atom. The van der Waals surface area contributed by atoms with E-state index in [9.17, 15) is 9.18 Å². The predicted molar refractivity (Wildman–Crippen MR) is 65.8 cm³/mol. The Bertz CT molecular complexity index is 451. The molecule has 1 saturated heterocycles. The van der Waals surface area contributed by atoms with Crippen molar-refractivity contribution in [3.63, 3.8) is 0 Å². The molecule has 0 radical (unpaired) electrons. The highest BCUT2D eigenvalue weighted by atomic mass is 19.1. The molecule has 0 spiro atoms. The van der Waals surface area contributed by atoms with Crippen molar-refractivity contribution in [1.82, 2.24) is 10.2 Å².